The summed E-state index contributed by atoms with van der Waals surface area (Å²) >= 11 is 0. The van der Waals surface area contributed by atoms with Gasteiger partial charge in [-0.15, -0.1) is 0 Å². The second kappa shape index (κ2) is 7.83. The molecule has 3 rings (SSSR count). The number of sulfonamides is 1. The molecule has 1 saturated heterocycles. The number of hydrogen-bond acceptors (Lipinski definition) is 6. The summed E-state index contributed by atoms with van der Waals surface area (Å²) in [6, 6.07) is 9.09. The molecule has 1 fully saturated rings. The largest absolute Gasteiger partial charge is 0.468 e. The van der Waals surface area contributed by atoms with Crippen LogP contribution in [0.1, 0.15) is 18.6 Å². The molecule has 1 atom stereocenters. The second-order valence-electron chi connectivity index (χ2n) is 6.45. The Bertz CT molecular complexity index is 996. The molecule has 10 heteroatoms. The van der Waals surface area contributed by atoms with Crippen LogP contribution in [-0.2, 0) is 31.2 Å². The van der Waals surface area contributed by atoms with Gasteiger partial charge in [0.2, 0.25) is 15.9 Å². The van der Waals surface area contributed by atoms with Crippen LogP contribution in [0.4, 0.5) is 5.69 Å². The Kier molecular flexibility index (Phi) is 5.68. The lowest BCUT2D eigenvalue weighted by Gasteiger charge is -2.10. The number of sulfone groups is 1. The average Bonchev–Trinajstić information content (AvgIpc) is 3.23. The number of anilines is 1. The topological polar surface area (TPSA) is 123 Å². The van der Waals surface area contributed by atoms with Crippen LogP contribution in [0.3, 0.4) is 0 Å². The highest BCUT2D eigenvalue weighted by molar-refractivity contribution is 7.91. The number of nitrogens with one attached hydrogen (secondary N) is 2. The van der Waals surface area contributed by atoms with Crippen molar-refractivity contribution in [1.29, 1.82) is 0 Å². The molecule has 2 aromatic rings. The van der Waals surface area contributed by atoms with E-state index in [-0.39, 0.29) is 41.2 Å². The van der Waals surface area contributed by atoms with Crippen molar-refractivity contribution in [3.05, 3.63) is 48.4 Å². The van der Waals surface area contributed by atoms with E-state index < -0.39 is 19.9 Å². The maximum absolute atomic E-state index is 12.3. The Morgan fingerprint density at radius 1 is 1.19 bits per heavy atom. The van der Waals surface area contributed by atoms with Crippen molar-refractivity contribution in [3.8, 4) is 0 Å². The number of amides is 1. The van der Waals surface area contributed by atoms with Crippen LogP contribution in [0, 0.1) is 5.92 Å². The number of hydrogen-bond donors (Lipinski definition) is 2. The number of carbonyl (C=O) groups excluding carboxylic acids is 1. The van der Waals surface area contributed by atoms with Gasteiger partial charge in [-0.2, -0.15) is 0 Å². The van der Waals surface area contributed by atoms with Crippen molar-refractivity contribution in [3.63, 3.8) is 0 Å². The minimum atomic E-state index is -3.70. The summed E-state index contributed by atoms with van der Waals surface area (Å²) < 4.78 is 54.9. The van der Waals surface area contributed by atoms with Crippen LogP contribution in [0.2, 0.25) is 0 Å². The molecule has 0 radical (unpaired) electrons. The van der Waals surface area contributed by atoms with E-state index in [0.717, 1.165) is 0 Å². The van der Waals surface area contributed by atoms with Crippen molar-refractivity contribution in [1.82, 2.24) is 4.72 Å². The van der Waals surface area contributed by atoms with Crippen LogP contribution in [0.25, 0.3) is 0 Å². The molecular formula is C17H20N2O6S2. The van der Waals surface area contributed by atoms with Gasteiger partial charge in [-0.1, -0.05) is 0 Å². The highest BCUT2D eigenvalue weighted by Crippen LogP contribution is 2.22. The minimum absolute atomic E-state index is 0.0398. The first-order valence-corrected chi connectivity index (χ1v) is 11.7. The number of benzene rings is 1. The fourth-order valence-corrected chi connectivity index (χ4v) is 5.74. The van der Waals surface area contributed by atoms with Crippen LogP contribution >= 0.6 is 0 Å². The first-order chi connectivity index (χ1) is 12.7. The first-order valence-electron chi connectivity index (χ1n) is 8.36. The normalized spacial score (nSPS) is 19.0. The molecule has 0 bridgehead atoms. The maximum atomic E-state index is 12.3. The maximum Gasteiger partial charge on any atom is 0.240 e. The van der Waals surface area contributed by atoms with E-state index >= 15 is 0 Å². The second-order valence-corrected chi connectivity index (χ2v) is 10.4. The molecule has 27 heavy (non-hydrogen) atoms. The van der Waals surface area contributed by atoms with Gasteiger partial charge in [0.05, 0.1) is 29.2 Å². The Balaban J connectivity index is 1.55. The van der Waals surface area contributed by atoms with Gasteiger partial charge in [-0.3, -0.25) is 4.79 Å². The van der Waals surface area contributed by atoms with Gasteiger partial charge < -0.3 is 9.73 Å². The summed E-state index contributed by atoms with van der Waals surface area (Å²) in [5.74, 6) is 0.210. The van der Waals surface area contributed by atoms with Crippen molar-refractivity contribution >= 4 is 31.5 Å². The van der Waals surface area contributed by atoms with Gasteiger partial charge in [-0.05, 0) is 48.7 Å². The average molecular weight is 412 g/mol. The van der Waals surface area contributed by atoms with Gasteiger partial charge in [-0.25, -0.2) is 21.6 Å². The monoisotopic (exact) mass is 412 g/mol. The predicted octanol–water partition coefficient (Wildman–Crippen LogP) is 1.52. The molecule has 1 aliphatic rings. The van der Waals surface area contributed by atoms with E-state index in [9.17, 15) is 21.6 Å². The van der Waals surface area contributed by atoms with Crippen LogP contribution in [-0.4, -0.2) is 34.2 Å². The molecule has 0 saturated carbocycles. The number of furan rings is 1. The highest BCUT2D eigenvalue weighted by atomic mass is 32.2. The van der Waals surface area contributed by atoms with Gasteiger partial charge in [0.1, 0.15) is 5.76 Å². The Morgan fingerprint density at radius 3 is 2.52 bits per heavy atom. The fraction of sp³-hybridized carbons (Fsp3) is 0.353. The molecule has 1 aliphatic heterocycles. The minimum Gasteiger partial charge on any atom is -0.468 e. The van der Waals surface area contributed by atoms with E-state index in [1.807, 2.05) is 0 Å². The Hall–Kier alpha value is -2.17. The standard InChI is InChI=1S/C17H20N2O6S2/c20-17(10-13-7-9-26(21,22)12-13)19-14-3-5-16(6-4-14)27(23,24)18-11-15-2-1-8-25-15/h1-6,8,13,18H,7,9-12H2,(H,19,20)/t13-/m1/s1. The van der Waals surface area contributed by atoms with E-state index in [1.165, 1.54) is 30.5 Å². The molecule has 0 aliphatic carbocycles. The lowest BCUT2D eigenvalue weighted by Crippen LogP contribution is -2.23. The molecule has 2 N–H and O–H groups in total. The zero-order valence-corrected chi connectivity index (χ0v) is 16.1. The quantitative estimate of drug-likeness (QED) is 0.711. The zero-order valence-electron chi connectivity index (χ0n) is 14.4. The van der Waals surface area contributed by atoms with Gasteiger partial charge in [0, 0.05) is 12.1 Å². The Labute approximate surface area is 157 Å². The van der Waals surface area contributed by atoms with Gasteiger partial charge >= 0.3 is 0 Å². The van der Waals surface area contributed by atoms with E-state index in [1.54, 1.807) is 12.1 Å². The highest BCUT2D eigenvalue weighted by Gasteiger charge is 2.29. The first kappa shape index (κ1) is 19.6. The SMILES string of the molecule is O=C(C[C@H]1CCS(=O)(=O)C1)Nc1ccc(S(=O)(=O)NCc2ccco2)cc1. The van der Waals surface area contributed by atoms with Crippen molar-refractivity contribution in [2.24, 2.45) is 5.92 Å². The van der Waals surface area contributed by atoms with Crippen molar-refractivity contribution in [2.45, 2.75) is 24.3 Å². The summed E-state index contributed by atoms with van der Waals surface area (Å²) in [7, 11) is -6.72. The van der Waals surface area contributed by atoms with Gasteiger partial charge in [0.15, 0.2) is 9.84 Å². The molecule has 1 amide bonds. The molecule has 146 valence electrons. The summed E-state index contributed by atoms with van der Waals surface area (Å²) in [5, 5.41) is 2.67. The van der Waals surface area contributed by atoms with E-state index in [4.69, 9.17) is 4.42 Å². The number of carbonyl (C=O) groups is 1. The van der Waals surface area contributed by atoms with Gasteiger partial charge in [0.25, 0.3) is 0 Å². The molecule has 1 aromatic heterocycles. The molecule has 0 unspecified atom stereocenters. The van der Waals surface area contributed by atoms with Crippen LogP contribution in [0.5, 0.6) is 0 Å². The lowest BCUT2D eigenvalue weighted by atomic mass is 10.1. The van der Waals surface area contributed by atoms with Crippen LogP contribution in [0.15, 0.2) is 52.0 Å². The van der Waals surface area contributed by atoms with Crippen molar-refractivity contribution < 1.29 is 26.0 Å². The number of rotatable bonds is 7. The molecule has 8 nitrogen and oxygen atoms in total. The fourth-order valence-electron chi connectivity index (χ4n) is 2.89. The zero-order chi connectivity index (χ0) is 19.5. The molecule has 1 aromatic carbocycles. The summed E-state index contributed by atoms with van der Waals surface area (Å²) in [6.45, 7) is 0.0398. The Morgan fingerprint density at radius 2 is 1.93 bits per heavy atom. The van der Waals surface area contributed by atoms with E-state index in [2.05, 4.69) is 10.0 Å². The summed E-state index contributed by atoms with van der Waals surface area (Å²) in [5.41, 5.74) is 0.450. The molecule has 0 spiro atoms. The third-order valence-electron chi connectivity index (χ3n) is 4.27. The van der Waals surface area contributed by atoms with E-state index in [0.29, 0.717) is 17.9 Å². The molecular weight excluding hydrogens is 392 g/mol. The molecule has 2 heterocycles. The lowest BCUT2D eigenvalue weighted by molar-refractivity contribution is -0.116. The summed E-state index contributed by atoms with van der Waals surface area (Å²) in [4.78, 5) is 12.1. The smallest absolute Gasteiger partial charge is 0.240 e. The predicted molar refractivity (Wildman–Crippen MR) is 99.2 cm³/mol. The third kappa shape index (κ3) is 5.41. The van der Waals surface area contributed by atoms with Crippen LogP contribution < -0.4 is 10.0 Å². The summed E-state index contributed by atoms with van der Waals surface area (Å²) in [6.07, 6.45) is 2.08. The third-order valence-corrected chi connectivity index (χ3v) is 7.52. The van der Waals surface area contributed by atoms with Crippen molar-refractivity contribution in [2.75, 3.05) is 16.8 Å².